The molecule has 0 saturated carbocycles. The van der Waals surface area contributed by atoms with Gasteiger partial charge in [-0.2, -0.15) is 0 Å². The third-order valence-corrected chi connectivity index (χ3v) is 1.26. The predicted octanol–water partition coefficient (Wildman–Crippen LogP) is -1.76. The van der Waals surface area contributed by atoms with E-state index in [1.54, 1.807) is 18.3 Å². The first-order valence-corrected chi connectivity index (χ1v) is 3.39. The Kier molecular flexibility index (Phi) is 2.47. The quantitative estimate of drug-likeness (QED) is 0.558. The number of carboxylic acids is 1. The highest BCUT2D eigenvalue weighted by Gasteiger charge is 1.98. The van der Waals surface area contributed by atoms with Gasteiger partial charge in [-0.05, 0) is 6.07 Å². The van der Waals surface area contributed by atoms with Crippen LogP contribution in [0.15, 0.2) is 18.3 Å². The maximum Gasteiger partial charge on any atom is 0.272 e. The SMILES string of the molecule is Nc1ccc(NCC(=O)[O-])[nH+]c1. The molecule has 1 aromatic rings. The minimum Gasteiger partial charge on any atom is -0.546 e. The lowest BCUT2D eigenvalue weighted by molar-refractivity contribution is -0.360. The summed E-state index contributed by atoms with van der Waals surface area (Å²) >= 11 is 0. The van der Waals surface area contributed by atoms with Crippen molar-refractivity contribution in [3.63, 3.8) is 0 Å². The lowest BCUT2D eigenvalue weighted by Gasteiger charge is -1.98. The highest BCUT2D eigenvalue weighted by atomic mass is 16.4. The summed E-state index contributed by atoms with van der Waals surface area (Å²) in [5.74, 6) is -0.561. The highest BCUT2D eigenvalue weighted by Crippen LogP contribution is 1.99. The molecule has 5 nitrogen and oxygen atoms in total. The molecule has 0 saturated heterocycles. The van der Waals surface area contributed by atoms with Crippen LogP contribution in [-0.2, 0) is 4.79 Å². The number of anilines is 2. The molecule has 0 spiro atoms. The number of rotatable bonds is 3. The van der Waals surface area contributed by atoms with Gasteiger partial charge in [-0.15, -0.1) is 0 Å². The van der Waals surface area contributed by atoms with Crippen molar-refractivity contribution in [2.75, 3.05) is 17.6 Å². The Morgan fingerprint density at radius 3 is 2.92 bits per heavy atom. The molecule has 12 heavy (non-hydrogen) atoms. The van der Waals surface area contributed by atoms with Gasteiger partial charge in [0, 0.05) is 6.07 Å². The van der Waals surface area contributed by atoms with Crippen molar-refractivity contribution >= 4 is 17.5 Å². The van der Waals surface area contributed by atoms with Crippen LogP contribution in [0.5, 0.6) is 0 Å². The third-order valence-electron chi connectivity index (χ3n) is 1.26. The summed E-state index contributed by atoms with van der Waals surface area (Å²) in [6.07, 6.45) is 1.57. The van der Waals surface area contributed by atoms with Crippen LogP contribution in [0.4, 0.5) is 11.5 Å². The van der Waals surface area contributed by atoms with E-state index in [1.165, 1.54) is 0 Å². The van der Waals surface area contributed by atoms with Gasteiger partial charge in [0.05, 0.1) is 11.7 Å². The number of nitrogen functional groups attached to an aromatic ring is 1. The number of aromatic nitrogens is 1. The van der Waals surface area contributed by atoms with Crippen molar-refractivity contribution in [1.82, 2.24) is 0 Å². The summed E-state index contributed by atoms with van der Waals surface area (Å²) in [5.41, 5.74) is 5.99. The second kappa shape index (κ2) is 3.56. The molecule has 0 amide bonds. The standard InChI is InChI=1S/C7H9N3O2/c8-5-1-2-6(9-3-5)10-4-7(11)12/h1-3H,4,8H2,(H,9,10)(H,11,12). The summed E-state index contributed by atoms with van der Waals surface area (Å²) in [5, 5.41) is 12.6. The van der Waals surface area contributed by atoms with Gasteiger partial charge in [0.2, 0.25) is 0 Å². The van der Waals surface area contributed by atoms with Crippen molar-refractivity contribution in [2.24, 2.45) is 0 Å². The number of nitrogens with two attached hydrogens (primary N) is 1. The number of hydrogen-bond acceptors (Lipinski definition) is 4. The van der Waals surface area contributed by atoms with Crippen LogP contribution in [0, 0.1) is 0 Å². The van der Waals surface area contributed by atoms with Gasteiger partial charge in [0.1, 0.15) is 12.7 Å². The second-order valence-corrected chi connectivity index (χ2v) is 2.26. The molecule has 0 aliphatic carbocycles. The number of carboxylic acid groups (broad SMARTS) is 1. The van der Waals surface area contributed by atoms with Gasteiger partial charge < -0.3 is 15.6 Å². The van der Waals surface area contributed by atoms with E-state index >= 15 is 0 Å². The van der Waals surface area contributed by atoms with Gasteiger partial charge in [-0.25, -0.2) is 4.98 Å². The normalized spacial score (nSPS) is 9.33. The van der Waals surface area contributed by atoms with Gasteiger partial charge in [-0.1, -0.05) is 0 Å². The lowest BCUT2D eigenvalue weighted by Crippen LogP contribution is -2.31. The van der Waals surface area contributed by atoms with Gasteiger partial charge in [0.15, 0.2) is 0 Å². The molecule has 4 N–H and O–H groups in total. The summed E-state index contributed by atoms with van der Waals surface area (Å²) in [6, 6.07) is 3.31. The molecular weight excluding hydrogens is 158 g/mol. The molecule has 0 aromatic carbocycles. The van der Waals surface area contributed by atoms with E-state index in [-0.39, 0.29) is 6.54 Å². The van der Waals surface area contributed by atoms with Crippen molar-refractivity contribution < 1.29 is 14.9 Å². The Morgan fingerprint density at radius 2 is 2.42 bits per heavy atom. The molecule has 0 aliphatic heterocycles. The lowest BCUT2D eigenvalue weighted by atomic mass is 10.4. The monoisotopic (exact) mass is 167 g/mol. The Bertz CT molecular complexity index is 270. The van der Waals surface area contributed by atoms with Crippen LogP contribution < -0.4 is 21.1 Å². The number of hydrogen-bond donors (Lipinski definition) is 2. The van der Waals surface area contributed by atoms with E-state index in [4.69, 9.17) is 5.73 Å². The predicted molar refractivity (Wildman–Crippen MR) is 40.9 cm³/mol. The van der Waals surface area contributed by atoms with E-state index < -0.39 is 5.97 Å². The smallest absolute Gasteiger partial charge is 0.272 e. The minimum absolute atomic E-state index is 0.222. The maximum absolute atomic E-state index is 10.0. The molecule has 1 rings (SSSR count). The largest absolute Gasteiger partial charge is 0.546 e. The first kappa shape index (κ1) is 8.32. The molecule has 0 fully saturated rings. The summed E-state index contributed by atoms with van der Waals surface area (Å²) in [7, 11) is 0. The fraction of sp³-hybridized carbons (Fsp3) is 0.143. The molecule has 0 unspecified atom stereocenters. The number of nitrogens with one attached hydrogen (secondary N) is 2. The maximum atomic E-state index is 10.0. The molecule has 0 radical (unpaired) electrons. The Labute approximate surface area is 69.2 Å². The van der Waals surface area contributed by atoms with E-state index in [0.29, 0.717) is 11.5 Å². The van der Waals surface area contributed by atoms with Crippen LogP contribution in [0.3, 0.4) is 0 Å². The fourth-order valence-corrected chi connectivity index (χ4v) is 0.714. The number of carbonyl (C=O) groups excluding carboxylic acids is 1. The summed E-state index contributed by atoms with van der Waals surface area (Å²) < 4.78 is 0. The molecule has 1 aromatic heterocycles. The number of pyridine rings is 1. The Hall–Kier alpha value is -1.78. The number of aromatic amines is 1. The molecule has 0 atom stereocenters. The van der Waals surface area contributed by atoms with Crippen molar-refractivity contribution in [1.29, 1.82) is 0 Å². The van der Waals surface area contributed by atoms with Gasteiger partial charge >= 0.3 is 0 Å². The zero-order valence-electron chi connectivity index (χ0n) is 6.33. The van der Waals surface area contributed by atoms with Crippen LogP contribution in [0.25, 0.3) is 0 Å². The highest BCUT2D eigenvalue weighted by molar-refractivity contribution is 5.69. The Balaban J connectivity index is 2.53. The number of aliphatic carboxylic acids is 1. The fourth-order valence-electron chi connectivity index (χ4n) is 0.714. The third kappa shape index (κ3) is 2.45. The van der Waals surface area contributed by atoms with Crippen molar-refractivity contribution in [2.45, 2.75) is 0 Å². The topological polar surface area (TPSA) is 92.3 Å². The average Bonchev–Trinajstić information content (AvgIpc) is 2.03. The van der Waals surface area contributed by atoms with Crippen LogP contribution in [0.1, 0.15) is 0 Å². The van der Waals surface area contributed by atoms with Gasteiger partial charge in [0.25, 0.3) is 5.82 Å². The Morgan fingerprint density at radius 1 is 1.67 bits per heavy atom. The van der Waals surface area contributed by atoms with E-state index in [1.807, 2.05) is 0 Å². The van der Waals surface area contributed by atoms with Crippen LogP contribution in [0.2, 0.25) is 0 Å². The zero-order valence-corrected chi connectivity index (χ0v) is 6.33. The molecule has 1 heterocycles. The van der Waals surface area contributed by atoms with E-state index in [9.17, 15) is 9.90 Å². The van der Waals surface area contributed by atoms with Crippen molar-refractivity contribution in [3.05, 3.63) is 18.3 Å². The van der Waals surface area contributed by atoms with Crippen LogP contribution in [-0.4, -0.2) is 12.5 Å². The second-order valence-electron chi connectivity index (χ2n) is 2.26. The summed E-state index contributed by atoms with van der Waals surface area (Å²) in [6.45, 7) is -0.222. The number of H-pyrrole nitrogens is 1. The van der Waals surface area contributed by atoms with E-state index in [0.717, 1.165) is 0 Å². The molecule has 5 heteroatoms. The average molecular weight is 167 g/mol. The summed E-state index contributed by atoms with van der Waals surface area (Å²) in [4.78, 5) is 12.8. The van der Waals surface area contributed by atoms with Gasteiger partial charge in [-0.3, -0.25) is 5.32 Å². The first-order chi connectivity index (χ1) is 5.68. The number of carbonyl (C=O) groups is 1. The van der Waals surface area contributed by atoms with Crippen LogP contribution >= 0.6 is 0 Å². The molecule has 0 aliphatic rings. The molecule has 0 bridgehead atoms. The molecular formula is C7H9N3O2. The minimum atomic E-state index is -1.15. The zero-order chi connectivity index (χ0) is 8.97. The molecule has 64 valence electrons. The van der Waals surface area contributed by atoms with Crippen molar-refractivity contribution in [3.8, 4) is 0 Å². The first-order valence-electron chi connectivity index (χ1n) is 3.39. The van der Waals surface area contributed by atoms with E-state index in [2.05, 4.69) is 10.3 Å².